The van der Waals surface area contributed by atoms with Crippen LogP contribution in [-0.2, 0) is 11.2 Å². The third-order valence-electron chi connectivity index (χ3n) is 2.59. The molecule has 1 aromatic rings. The summed E-state index contributed by atoms with van der Waals surface area (Å²) in [6.07, 6.45) is 1.55. The minimum atomic E-state index is 0.0780. The van der Waals surface area contributed by atoms with Crippen LogP contribution in [0.1, 0.15) is 18.9 Å². The van der Waals surface area contributed by atoms with Gasteiger partial charge in [0, 0.05) is 26.2 Å². The third kappa shape index (κ3) is 5.27. The van der Waals surface area contributed by atoms with E-state index in [1.54, 1.807) is 14.2 Å². The van der Waals surface area contributed by atoms with Gasteiger partial charge in [0.05, 0.1) is 18.7 Å². The number of benzene rings is 1. The summed E-state index contributed by atoms with van der Waals surface area (Å²) in [4.78, 5) is 0. The quantitative estimate of drug-likeness (QED) is 0.747. The Morgan fingerprint density at radius 1 is 1.26 bits per heavy atom. The standard InChI is InChI=1S/C14H22ClNO3/c1-10(16)7-11-8-12(15)14(13(9-11)18-3)19-6-4-5-17-2/h8-10H,4-7,16H2,1-3H3. The van der Waals surface area contributed by atoms with Gasteiger partial charge in [-0.15, -0.1) is 0 Å². The van der Waals surface area contributed by atoms with Crippen molar-refractivity contribution in [3.63, 3.8) is 0 Å². The van der Waals surface area contributed by atoms with Gasteiger partial charge >= 0.3 is 0 Å². The summed E-state index contributed by atoms with van der Waals surface area (Å²) >= 11 is 6.23. The molecule has 19 heavy (non-hydrogen) atoms. The molecule has 0 saturated carbocycles. The Kier molecular flexibility index (Phi) is 6.99. The van der Waals surface area contributed by atoms with Crippen LogP contribution in [0.2, 0.25) is 5.02 Å². The van der Waals surface area contributed by atoms with Crippen LogP contribution in [0.25, 0.3) is 0 Å². The van der Waals surface area contributed by atoms with E-state index in [0.717, 1.165) is 18.4 Å². The van der Waals surface area contributed by atoms with Crippen LogP contribution in [0.15, 0.2) is 12.1 Å². The first-order valence-corrected chi connectivity index (χ1v) is 6.70. The molecule has 1 aromatic carbocycles. The molecule has 5 heteroatoms. The maximum Gasteiger partial charge on any atom is 0.179 e. The minimum absolute atomic E-state index is 0.0780. The molecule has 108 valence electrons. The Labute approximate surface area is 119 Å². The highest BCUT2D eigenvalue weighted by Crippen LogP contribution is 2.36. The van der Waals surface area contributed by atoms with E-state index in [9.17, 15) is 0 Å². The average molecular weight is 288 g/mol. The minimum Gasteiger partial charge on any atom is -0.493 e. The summed E-state index contributed by atoms with van der Waals surface area (Å²) in [5.74, 6) is 1.22. The molecule has 4 nitrogen and oxygen atoms in total. The summed E-state index contributed by atoms with van der Waals surface area (Å²) in [7, 11) is 3.26. The maximum atomic E-state index is 6.23. The summed E-state index contributed by atoms with van der Waals surface area (Å²) in [6.45, 7) is 3.15. The van der Waals surface area contributed by atoms with E-state index in [-0.39, 0.29) is 6.04 Å². The van der Waals surface area contributed by atoms with Gasteiger partial charge in [-0.2, -0.15) is 0 Å². The second-order valence-corrected chi connectivity index (χ2v) is 4.89. The molecule has 0 aliphatic carbocycles. The first-order valence-electron chi connectivity index (χ1n) is 6.32. The number of nitrogens with two attached hydrogens (primary N) is 1. The van der Waals surface area contributed by atoms with Crippen molar-refractivity contribution >= 4 is 11.6 Å². The zero-order valence-electron chi connectivity index (χ0n) is 11.7. The van der Waals surface area contributed by atoms with E-state index in [1.165, 1.54) is 0 Å². The van der Waals surface area contributed by atoms with E-state index >= 15 is 0 Å². The lowest BCUT2D eigenvalue weighted by Crippen LogP contribution is -2.17. The van der Waals surface area contributed by atoms with Crippen LogP contribution in [0.5, 0.6) is 11.5 Å². The van der Waals surface area contributed by atoms with Gasteiger partial charge in [-0.05, 0) is 31.0 Å². The molecule has 0 saturated heterocycles. The first-order chi connectivity index (χ1) is 9.08. The van der Waals surface area contributed by atoms with Crippen molar-refractivity contribution < 1.29 is 14.2 Å². The van der Waals surface area contributed by atoms with Crippen molar-refractivity contribution in [1.29, 1.82) is 0 Å². The Morgan fingerprint density at radius 2 is 2.00 bits per heavy atom. The van der Waals surface area contributed by atoms with Crippen molar-refractivity contribution in [1.82, 2.24) is 0 Å². The highest BCUT2D eigenvalue weighted by atomic mass is 35.5. The summed E-state index contributed by atoms with van der Waals surface area (Å²) in [6, 6.07) is 3.87. The van der Waals surface area contributed by atoms with Crippen molar-refractivity contribution in [2.24, 2.45) is 5.73 Å². The number of hydrogen-bond donors (Lipinski definition) is 1. The molecule has 1 rings (SSSR count). The van der Waals surface area contributed by atoms with E-state index < -0.39 is 0 Å². The highest BCUT2D eigenvalue weighted by Gasteiger charge is 2.12. The van der Waals surface area contributed by atoms with E-state index in [4.69, 9.17) is 31.5 Å². The molecule has 0 aliphatic rings. The molecule has 1 atom stereocenters. The van der Waals surface area contributed by atoms with Gasteiger partial charge in [0.2, 0.25) is 0 Å². The molecule has 0 radical (unpaired) electrons. The molecule has 0 heterocycles. The van der Waals surface area contributed by atoms with Crippen molar-refractivity contribution in [3.05, 3.63) is 22.7 Å². The maximum absolute atomic E-state index is 6.23. The van der Waals surface area contributed by atoms with E-state index in [1.807, 2.05) is 19.1 Å². The van der Waals surface area contributed by atoms with Crippen LogP contribution in [0, 0.1) is 0 Å². The van der Waals surface area contributed by atoms with Crippen LogP contribution in [-0.4, -0.2) is 33.5 Å². The third-order valence-corrected chi connectivity index (χ3v) is 2.87. The summed E-state index contributed by atoms with van der Waals surface area (Å²) < 4.78 is 15.9. The lowest BCUT2D eigenvalue weighted by atomic mass is 10.1. The topological polar surface area (TPSA) is 53.7 Å². The molecule has 0 fully saturated rings. The number of rotatable bonds is 8. The molecular formula is C14H22ClNO3. The molecular weight excluding hydrogens is 266 g/mol. The predicted molar refractivity (Wildman–Crippen MR) is 77.3 cm³/mol. The van der Waals surface area contributed by atoms with Gasteiger partial charge in [0.25, 0.3) is 0 Å². The normalized spacial score (nSPS) is 12.3. The Morgan fingerprint density at radius 3 is 2.58 bits per heavy atom. The summed E-state index contributed by atoms with van der Waals surface area (Å²) in [5.41, 5.74) is 6.83. The molecule has 0 bridgehead atoms. The number of methoxy groups -OCH3 is 2. The summed E-state index contributed by atoms with van der Waals surface area (Å²) in [5, 5.41) is 0.549. The fourth-order valence-corrected chi connectivity index (χ4v) is 2.07. The highest BCUT2D eigenvalue weighted by molar-refractivity contribution is 6.32. The average Bonchev–Trinajstić information content (AvgIpc) is 2.35. The monoisotopic (exact) mass is 287 g/mol. The Hall–Kier alpha value is -0.970. The predicted octanol–water partition coefficient (Wildman–Crippen LogP) is 2.65. The van der Waals surface area contributed by atoms with Gasteiger partial charge in [-0.3, -0.25) is 0 Å². The van der Waals surface area contributed by atoms with Crippen LogP contribution in [0.4, 0.5) is 0 Å². The lowest BCUT2D eigenvalue weighted by Gasteiger charge is -2.15. The van der Waals surface area contributed by atoms with Crippen LogP contribution in [0.3, 0.4) is 0 Å². The fourth-order valence-electron chi connectivity index (χ4n) is 1.78. The van der Waals surface area contributed by atoms with Gasteiger partial charge in [0.15, 0.2) is 11.5 Å². The van der Waals surface area contributed by atoms with Gasteiger partial charge in [0.1, 0.15) is 0 Å². The van der Waals surface area contributed by atoms with Crippen molar-refractivity contribution in [2.45, 2.75) is 25.8 Å². The van der Waals surface area contributed by atoms with Crippen LogP contribution < -0.4 is 15.2 Å². The SMILES string of the molecule is COCCCOc1c(Cl)cc(CC(C)N)cc1OC. The second-order valence-electron chi connectivity index (χ2n) is 4.49. The number of halogens is 1. The lowest BCUT2D eigenvalue weighted by molar-refractivity contribution is 0.170. The largest absolute Gasteiger partial charge is 0.493 e. The van der Waals surface area contributed by atoms with Crippen LogP contribution >= 0.6 is 11.6 Å². The zero-order valence-corrected chi connectivity index (χ0v) is 12.5. The molecule has 0 amide bonds. The molecule has 2 N–H and O–H groups in total. The number of ether oxygens (including phenoxy) is 3. The van der Waals surface area contributed by atoms with E-state index in [0.29, 0.717) is 29.7 Å². The Bertz CT molecular complexity index is 397. The fraction of sp³-hybridized carbons (Fsp3) is 0.571. The smallest absolute Gasteiger partial charge is 0.179 e. The molecule has 1 unspecified atom stereocenters. The first kappa shape index (κ1) is 16.1. The molecule has 0 aromatic heterocycles. The zero-order chi connectivity index (χ0) is 14.3. The van der Waals surface area contributed by atoms with Crippen molar-refractivity contribution in [2.75, 3.05) is 27.4 Å². The van der Waals surface area contributed by atoms with Gasteiger partial charge in [-0.25, -0.2) is 0 Å². The second kappa shape index (κ2) is 8.25. The van der Waals surface area contributed by atoms with Crippen molar-refractivity contribution in [3.8, 4) is 11.5 Å². The van der Waals surface area contributed by atoms with Gasteiger partial charge in [-0.1, -0.05) is 11.6 Å². The molecule has 0 spiro atoms. The molecule has 0 aliphatic heterocycles. The van der Waals surface area contributed by atoms with Gasteiger partial charge < -0.3 is 19.9 Å². The van der Waals surface area contributed by atoms with E-state index in [2.05, 4.69) is 0 Å². The number of hydrogen-bond acceptors (Lipinski definition) is 4. The Balaban J connectivity index is 2.79.